The predicted molar refractivity (Wildman–Crippen MR) is 74.9 cm³/mol. The third kappa shape index (κ3) is 4.29. The molecule has 19 heavy (non-hydrogen) atoms. The van der Waals surface area contributed by atoms with Gasteiger partial charge >= 0.3 is 0 Å². The van der Waals surface area contributed by atoms with Crippen LogP contribution in [0.25, 0.3) is 0 Å². The van der Waals surface area contributed by atoms with E-state index in [2.05, 4.69) is 4.98 Å². The molecule has 1 aromatic carbocycles. The van der Waals surface area contributed by atoms with Gasteiger partial charge in [0.15, 0.2) is 0 Å². The second-order valence-electron chi connectivity index (χ2n) is 4.65. The largest absolute Gasteiger partial charge is 0.486 e. The van der Waals surface area contributed by atoms with Gasteiger partial charge in [-0.05, 0) is 38.0 Å². The Kier molecular flexibility index (Phi) is 4.50. The van der Waals surface area contributed by atoms with Gasteiger partial charge in [-0.15, -0.1) is 11.3 Å². The number of hydrogen-bond donors (Lipinski definition) is 1. The molecule has 0 saturated heterocycles. The molecular weight excluding hydrogens is 263 g/mol. The van der Waals surface area contributed by atoms with E-state index in [0.717, 1.165) is 16.3 Å². The Hall–Kier alpha value is -1.46. The van der Waals surface area contributed by atoms with Crippen molar-refractivity contribution < 1.29 is 9.13 Å². The van der Waals surface area contributed by atoms with Gasteiger partial charge in [-0.25, -0.2) is 9.37 Å². The van der Waals surface area contributed by atoms with Gasteiger partial charge in [0.1, 0.15) is 23.2 Å². The van der Waals surface area contributed by atoms with E-state index >= 15 is 0 Å². The van der Waals surface area contributed by atoms with E-state index in [0.29, 0.717) is 18.8 Å². The number of aromatic nitrogens is 1. The van der Waals surface area contributed by atoms with Crippen LogP contribution in [0.15, 0.2) is 23.6 Å². The highest BCUT2D eigenvalue weighted by Crippen LogP contribution is 2.19. The number of rotatable bonds is 5. The van der Waals surface area contributed by atoms with Crippen molar-refractivity contribution in [3.8, 4) is 5.75 Å². The second kappa shape index (κ2) is 6.12. The quantitative estimate of drug-likeness (QED) is 0.915. The van der Waals surface area contributed by atoms with Crippen LogP contribution in [0.1, 0.15) is 23.2 Å². The van der Waals surface area contributed by atoms with Crippen molar-refractivity contribution in [2.45, 2.75) is 32.9 Å². The number of thiazole rings is 1. The van der Waals surface area contributed by atoms with Crippen LogP contribution in [0.2, 0.25) is 0 Å². The molecule has 2 rings (SSSR count). The molecule has 2 N–H and O–H groups in total. The maximum absolute atomic E-state index is 13.5. The maximum atomic E-state index is 13.5. The summed E-state index contributed by atoms with van der Waals surface area (Å²) in [5.74, 6) is 0.215. The number of aryl methyl sites for hydroxylation is 1. The molecule has 0 aliphatic rings. The van der Waals surface area contributed by atoms with E-state index in [-0.39, 0.29) is 11.9 Å². The molecule has 1 atom stereocenters. The fraction of sp³-hybridized carbons (Fsp3) is 0.357. The minimum Gasteiger partial charge on any atom is -0.486 e. The number of hydrogen-bond acceptors (Lipinski definition) is 4. The van der Waals surface area contributed by atoms with Crippen molar-refractivity contribution in [1.29, 1.82) is 0 Å². The van der Waals surface area contributed by atoms with Gasteiger partial charge in [0.2, 0.25) is 0 Å². The summed E-state index contributed by atoms with van der Waals surface area (Å²) in [5, 5.41) is 2.85. The Labute approximate surface area is 116 Å². The van der Waals surface area contributed by atoms with Crippen LogP contribution in [0.4, 0.5) is 4.39 Å². The molecule has 0 radical (unpaired) electrons. The first-order valence-corrected chi connectivity index (χ1v) is 7.00. The van der Waals surface area contributed by atoms with Gasteiger partial charge in [-0.3, -0.25) is 0 Å². The summed E-state index contributed by atoms with van der Waals surface area (Å²) in [5.41, 5.74) is 7.54. The molecule has 1 aromatic heterocycles. The van der Waals surface area contributed by atoms with Crippen LogP contribution in [-0.2, 0) is 13.0 Å². The maximum Gasteiger partial charge on any atom is 0.140 e. The van der Waals surface area contributed by atoms with Crippen molar-refractivity contribution in [1.82, 2.24) is 4.98 Å². The molecule has 102 valence electrons. The lowest BCUT2D eigenvalue weighted by molar-refractivity contribution is 0.303. The molecule has 1 unspecified atom stereocenters. The number of benzene rings is 1. The van der Waals surface area contributed by atoms with Gasteiger partial charge in [0.05, 0.1) is 0 Å². The van der Waals surface area contributed by atoms with E-state index in [4.69, 9.17) is 10.5 Å². The summed E-state index contributed by atoms with van der Waals surface area (Å²) in [6.07, 6.45) is 0.629. The third-order valence-electron chi connectivity index (χ3n) is 2.52. The fourth-order valence-corrected chi connectivity index (χ4v) is 2.49. The molecule has 0 aliphatic heterocycles. The average Bonchev–Trinajstić information content (AvgIpc) is 2.71. The zero-order valence-electron chi connectivity index (χ0n) is 11.0. The Balaban J connectivity index is 2.05. The summed E-state index contributed by atoms with van der Waals surface area (Å²) in [4.78, 5) is 4.30. The first-order valence-electron chi connectivity index (χ1n) is 6.12. The van der Waals surface area contributed by atoms with Crippen LogP contribution >= 0.6 is 11.3 Å². The lowest BCUT2D eigenvalue weighted by Gasteiger charge is -2.09. The Morgan fingerprint density at radius 1 is 1.42 bits per heavy atom. The first-order chi connectivity index (χ1) is 9.02. The average molecular weight is 280 g/mol. The minimum atomic E-state index is -0.302. The highest BCUT2D eigenvalue weighted by molar-refractivity contribution is 7.09. The van der Waals surface area contributed by atoms with E-state index in [1.807, 2.05) is 25.3 Å². The van der Waals surface area contributed by atoms with Gasteiger partial charge < -0.3 is 10.5 Å². The molecule has 0 fully saturated rings. The molecule has 0 amide bonds. The first kappa shape index (κ1) is 14.0. The molecule has 0 spiro atoms. The summed E-state index contributed by atoms with van der Waals surface area (Å²) < 4.78 is 19.0. The van der Waals surface area contributed by atoms with E-state index in [1.165, 1.54) is 23.5 Å². The SMILES string of the molecule is Cc1csc(COc2cc(F)cc(CC(C)N)c2)n1. The number of nitrogens with zero attached hydrogens (tertiary/aromatic N) is 1. The Morgan fingerprint density at radius 2 is 2.21 bits per heavy atom. The van der Waals surface area contributed by atoms with E-state index in [9.17, 15) is 4.39 Å². The molecule has 2 aromatic rings. The van der Waals surface area contributed by atoms with E-state index < -0.39 is 0 Å². The lowest BCUT2D eigenvalue weighted by Crippen LogP contribution is -2.17. The monoisotopic (exact) mass is 280 g/mol. The van der Waals surface area contributed by atoms with Gasteiger partial charge in [-0.2, -0.15) is 0 Å². The van der Waals surface area contributed by atoms with Gasteiger partial charge in [0, 0.05) is 23.2 Å². The van der Waals surface area contributed by atoms with E-state index in [1.54, 1.807) is 0 Å². The van der Waals surface area contributed by atoms with Crippen molar-refractivity contribution in [2.75, 3.05) is 0 Å². The zero-order chi connectivity index (χ0) is 13.8. The topological polar surface area (TPSA) is 48.1 Å². The summed E-state index contributed by atoms with van der Waals surface area (Å²) in [6.45, 7) is 4.19. The Bertz CT molecular complexity index is 554. The van der Waals surface area contributed by atoms with Crippen LogP contribution in [-0.4, -0.2) is 11.0 Å². The van der Waals surface area contributed by atoms with Crippen LogP contribution in [0.3, 0.4) is 0 Å². The molecule has 5 heteroatoms. The zero-order valence-corrected chi connectivity index (χ0v) is 11.8. The minimum absolute atomic E-state index is 0.00346. The standard InChI is InChI=1S/C14H17FN2OS/c1-9(16)3-11-4-12(15)6-13(5-11)18-7-14-17-10(2)8-19-14/h4-6,8-9H,3,7,16H2,1-2H3. The number of nitrogens with two attached hydrogens (primary N) is 1. The molecule has 0 bridgehead atoms. The summed E-state index contributed by atoms with van der Waals surface area (Å²) >= 11 is 1.54. The van der Waals surface area contributed by atoms with Gasteiger partial charge in [-0.1, -0.05) is 0 Å². The summed E-state index contributed by atoms with van der Waals surface area (Å²) in [6, 6.07) is 4.69. The summed E-state index contributed by atoms with van der Waals surface area (Å²) in [7, 11) is 0. The van der Waals surface area contributed by atoms with Gasteiger partial charge in [0.25, 0.3) is 0 Å². The van der Waals surface area contributed by atoms with Crippen LogP contribution in [0, 0.1) is 12.7 Å². The molecular formula is C14H17FN2OS. The third-order valence-corrected chi connectivity index (χ3v) is 3.46. The number of ether oxygens (including phenoxy) is 1. The van der Waals surface area contributed by atoms with Crippen LogP contribution < -0.4 is 10.5 Å². The van der Waals surface area contributed by atoms with Crippen molar-refractivity contribution >= 4 is 11.3 Å². The molecule has 0 saturated carbocycles. The molecule has 0 aliphatic carbocycles. The normalized spacial score (nSPS) is 12.4. The Morgan fingerprint density at radius 3 is 2.84 bits per heavy atom. The number of halogens is 1. The highest BCUT2D eigenvalue weighted by atomic mass is 32.1. The van der Waals surface area contributed by atoms with Crippen molar-refractivity contribution in [3.63, 3.8) is 0 Å². The molecule has 3 nitrogen and oxygen atoms in total. The second-order valence-corrected chi connectivity index (χ2v) is 5.59. The lowest BCUT2D eigenvalue weighted by atomic mass is 10.1. The fourth-order valence-electron chi connectivity index (χ4n) is 1.81. The van der Waals surface area contributed by atoms with Crippen molar-refractivity contribution in [2.24, 2.45) is 5.73 Å². The van der Waals surface area contributed by atoms with Crippen molar-refractivity contribution in [3.05, 3.63) is 45.7 Å². The van der Waals surface area contributed by atoms with Crippen LogP contribution in [0.5, 0.6) is 5.75 Å². The molecule has 1 heterocycles. The highest BCUT2D eigenvalue weighted by Gasteiger charge is 2.06. The predicted octanol–water partition coefficient (Wildman–Crippen LogP) is 3.06. The smallest absolute Gasteiger partial charge is 0.140 e.